The molecule has 20 heavy (non-hydrogen) atoms. The third kappa shape index (κ3) is 3.60. The second-order valence-corrected chi connectivity index (χ2v) is 9.01. The van der Waals surface area contributed by atoms with E-state index in [9.17, 15) is 16.8 Å². The Balaban J connectivity index is 2.13. The highest BCUT2D eigenvalue weighted by Crippen LogP contribution is 2.21. The fourth-order valence-electron chi connectivity index (χ4n) is 1.87. The molecule has 0 aromatic carbocycles. The summed E-state index contributed by atoms with van der Waals surface area (Å²) < 4.78 is 49.3. The molecule has 1 aliphatic heterocycles. The quantitative estimate of drug-likeness (QED) is 0.810. The summed E-state index contributed by atoms with van der Waals surface area (Å²) >= 11 is 5.74. The van der Waals surface area contributed by atoms with Crippen molar-refractivity contribution in [3.05, 3.63) is 17.3 Å². The van der Waals surface area contributed by atoms with Gasteiger partial charge in [-0.15, -0.1) is 0 Å². The van der Waals surface area contributed by atoms with Crippen molar-refractivity contribution in [2.24, 2.45) is 0 Å². The van der Waals surface area contributed by atoms with Crippen LogP contribution in [0.1, 0.15) is 12.8 Å². The second-order valence-electron chi connectivity index (χ2n) is 4.59. The maximum Gasteiger partial charge on any atom is 0.242 e. The number of nitrogens with two attached hydrogens (primary N) is 1. The third-order valence-corrected chi connectivity index (χ3v) is 6.54. The average molecular weight is 340 g/mol. The van der Waals surface area contributed by atoms with E-state index in [-0.39, 0.29) is 40.1 Å². The van der Waals surface area contributed by atoms with E-state index in [2.05, 4.69) is 9.71 Å². The first-order valence-electron chi connectivity index (χ1n) is 5.83. The van der Waals surface area contributed by atoms with E-state index in [1.165, 1.54) is 6.07 Å². The molecule has 1 aromatic rings. The number of nitrogens with one attached hydrogen (secondary N) is 1. The van der Waals surface area contributed by atoms with Crippen LogP contribution >= 0.6 is 11.6 Å². The van der Waals surface area contributed by atoms with Gasteiger partial charge in [0, 0.05) is 12.2 Å². The molecule has 0 aliphatic carbocycles. The third-order valence-electron chi connectivity index (χ3n) is 3.03. The van der Waals surface area contributed by atoms with E-state index < -0.39 is 25.9 Å². The minimum atomic E-state index is -3.78. The number of nitrogen functional groups attached to an aromatic ring is 1. The predicted molar refractivity (Wildman–Crippen MR) is 75.7 cm³/mol. The van der Waals surface area contributed by atoms with Crippen molar-refractivity contribution in [2.75, 3.05) is 17.2 Å². The molecule has 0 atom stereocenters. The van der Waals surface area contributed by atoms with Gasteiger partial charge in [0.1, 0.15) is 20.6 Å². The summed E-state index contributed by atoms with van der Waals surface area (Å²) in [5.41, 5.74) is 5.42. The Labute approximate surface area is 122 Å². The molecule has 1 fully saturated rings. The molecule has 2 rings (SSSR count). The number of hydrogen-bond donors (Lipinski definition) is 2. The molecule has 0 radical (unpaired) electrons. The Morgan fingerprint density at radius 1 is 1.35 bits per heavy atom. The standard InChI is InChI=1S/C10H14ClN3O4S2/c11-9-5-8(6-13-10(9)12)20(17,18)14-7-1-3-19(15,16)4-2-7/h5-7,14H,1-4H2,(H2,12,13). The number of aromatic nitrogens is 1. The molecule has 0 amide bonds. The van der Waals surface area contributed by atoms with Crippen molar-refractivity contribution in [1.82, 2.24) is 9.71 Å². The molecule has 7 nitrogen and oxygen atoms in total. The van der Waals surface area contributed by atoms with Crippen LogP contribution in [0.15, 0.2) is 17.2 Å². The molecule has 0 spiro atoms. The van der Waals surface area contributed by atoms with Crippen molar-refractivity contribution in [3.63, 3.8) is 0 Å². The lowest BCUT2D eigenvalue weighted by atomic mass is 10.2. The van der Waals surface area contributed by atoms with Gasteiger partial charge in [0.05, 0.1) is 16.5 Å². The Hall–Kier alpha value is -0.900. The largest absolute Gasteiger partial charge is 0.382 e. The Morgan fingerprint density at radius 2 is 1.95 bits per heavy atom. The Kier molecular flexibility index (Phi) is 4.24. The number of halogens is 1. The molecular formula is C10H14ClN3O4S2. The van der Waals surface area contributed by atoms with E-state index >= 15 is 0 Å². The van der Waals surface area contributed by atoms with Gasteiger partial charge in [0.15, 0.2) is 0 Å². The molecule has 3 N–H and O–H groups in total. The average Bonchev–Trinajstić information content (AvgIpc) is 2.35. The smallest absolute Gasteiger partial charge is 0.242 e. The number of sulfone groups is 1. The molecular weight excluding hydrogens is 326 g/mol. The van der Waals surface area contributed by atoms with Gasteiger partial charge in [-0.05, 0) is 18.9 Å². The van der Waals surface area contributed by atoms with Gasteiger partial charge in [-0.1, -0.05) is 11.6 Å². The van der Waals surface area contributed by atoms with Gasteiger partial charge >= 0.3 is 0 Å². The van der Waals surface area contributed by atoms with Crippen molar-refractivity contribution in [1.29, 1.82) is 0 Å². The van der Waals surface area contributed by atoms with E-state index in [1.54, 1.807) is 0 Å². The van der Waals surface area contributed by atoms with Crippen molar-refractivity contribution >= 4 is 37.3 Å². The van der Waals surface area contributed by atoms with Crippen LogP contribution in [0.2, 0.25) is 5.02 Å². The van der Waals surface area contributed by atoms with Crippen LogP contribution < -0.4 is 10.5 Å². The summed E-state index contributed by atoms with van der Waals surface area (Å²) in [4.78, 5) is 3.60. The molecule has 10 heteroatoms. The van der Waals surface area contributed by atoms with Gasteiger partial charge in [-0.25, -0.2) is 26.5 Å². The summed E-state index contributed by atoms with van der Waals surface area (Å²) in [5, 5.41) is 0.0547. The lowest BCUT2D eigenvalue weighted by Gasteiger charge is -2.22. The van der Waals surface area contributed by atoms with E-state index in [4.69, 9.17) is 17.3 Å². The van der Waals surface area contributed by atoms with Crippen LogP contribution in [-0.2, 0) is 19.9 Å². The minimum Gasteiger partial charge on any atom is -0.382 e. The van der Waals surface area contributed by atoms with E-state index in [0.717, 1.165) is 6.20 Å². The van der Waals surface area contributed by atoms with Crippen molar-refractivity contribution < 1.29 is 16.8 Å². The zero-order valence-corrected chi connectivity index (χ0v) is 12.8. The van der Waals surface area contributed by atoms with E-state index in [0.29, 0.717) is 0 Å². The van der Waals surface area contributed by atoms with Gasteiger partial charge in [0.25, 0.3) is 0 Å². The zero-order chi connectivity index (χ0) is 15.0. The van der Waals surface area contributed by atoms with Crippen LogP contribution in [0.25, 0.3) is 0 Å². The number of anilines is 1. The molecule has 0 saturated carbocycles. The van der Waals surface area contributed by atoms with E-state index in [1.807, 2.05) is 0 Å². The maximum atomic E-state index is 12.1. The molecule has 0 bridgehead atoms. The topological polar surface area (TPSA) is 119 Å². The highest BCUT2D eigenvalue weighted by atomic mass is 35.5. The van der Waals surface area contributed by atoms with Gasteiger partial charge in [-0.3, -0.25) is 0 Å². The number of nitrogens with zero attached hydrogens (tertiary/aromatic N) is 1. The summed E-state index contributed by atoms with van der Waals surface area (Å²) in [6.45, 7) is 0. The molecule has 1 aliphatic rings. The highest BCUT2D eigenvalue weighted by molar-refractivity contribution is 7.91. The molecule has 112 valence electrons. The van der Waals surface area contributed by atoms with Gasteiger partial charge < -0.3 is 5.73 Å². The fourth-order valence-corrected chi connectivity index (χ4v) is 4.87. The maximum absolute atomic E-state index is 12.1. The number of sulfonamides is 1. The number of pyridine rings is 1. The molecule has 1 saturated heterocycles. The monoisotopic (exact) mass is 339 g/mol. The molecule has 2 heterocycles. The Bertz CT molecular complexity index is 704. The zero-order valence-electron chi connectivity index (χ0n) is 10.4. The summed E-state index contributed by atoms with van der Waals surface area (Å²) in [5.74, 6) is 0.0244. The fraction of sp³-hybridized carbons (Fsp3) is 0.500. The number of hydrogen-bond acceptors (Lipinski definition) is 6. The lowest BCUT2D eigenvalue weighted by Crippen LogP contribution is -2.40. The van der Waals surface area contributed by atoms with Crippen LogP contribution in [0.3, 0.4) is 0 Å². The lowest BCUT2D eigenvalue weighted by molar-refractivity contribution is 0.505. The van der Waals surface area contributed by atoms with Crippen molar-refractivity contribution in [3.8, 4) is 0 Å². The normalized spacial score (nSPS) is 19.9. The predicted octanol–water partition coefficient (Wildman–Crippen LogP) is 0.173. The summed E-state index contributed by atoms with van der Waals surface area (Å²) in [7, 11) is -6.82. The molecule has 1 aromatic heterocycles. The van der Waals surface area contributed by atoms with Crippen LogP contribution in [-0.4, -0.2) is 39.4 Å². The van der Waals surface area contributed by atoms with Crippen LogP contribution in [0.5, 0.6) is 0 Å². The van der Waals surface area contributed by atoms with Gasteiger partial charge in [-0.2, -0.15) is 0 Å². The van der Waals surface area contributed by atoms with Gasteiger partial charge in [0.2, 0.25) is 10.0 Å². The summed E-state index contributed by atoms with van der Waals surface area (Å²) in [6, 6.07) is 0.811. The SMILES string of the molecule is Nc1ncc(S(=O)(=O)NC2CCS(=O)(=O)CC2)cc1Cl. The first kappa shape index (κ1) is 15.5. The Morgan fingerprint density at radius 3 is 2.50 bits per heavy atom. The number of rotatable bonds is 3. The molecule has 0 unspecified atom stereocenters. The second kappa shape index (κ2) is 5.47. The van der Waals surface area contributed by atoms with Crippen LogP contribution in [0.4, 0.5) is 5.82 Å². The van der Waals surface area contributed by atoms with Crippen LogP contribution in [0, 0.1) is 0 Å². The summed E-state index contributed by atoms with van der Waals surface area (Å²) in [6.07, 6.45) is 1.64. The van der Waals surface area contributed by atoms with Crippen molar-refractivity contribution in [2.45, 2.75) is 23.8 Å². The first-order chi connectivity index (χ1) is 9.20. The highest BCUT2D eigenvalue weighted by Gasteiger charge is 2.27. The first-order valence-corrected chi connectivity index (χ1v) is 9.52. The minimum absolute atomic E-state index is 0.0130.